The number of benzene rings is 1. The third-order valence-electron chi connectivity index (χ3n) is 3.16. The number of hydrogen-bond acceptors (Lipinski definition) is 4. The van der Waals surface area contributed by atoms with Crippen LogP contribution in [0.3, 0.4) is 0 Å². The van der Waals surface area contributed by atoms with Gasteiger partial charge in [0, 0.05) is 10.0 Å². The van der Waals surface area contributed by atoms with Crippen LogP contribution in [0.25, 0.3) is 11.4 Å². The van der Waals surface area contributed by atoms with E-state index in [4.69, 9.17) is 10.3 Å². The number of halogens is 2. The topological polar surface area (TPSA) is 64.9 Å². The molecule has 19 heavy (non-hydrogen) atoms. The van der Waals surface area contributed by atoms with E-state index in [1.165, 1.54) is 12.1 Å². The van der Waals surface area contributed by atoms with E-state index in [0.717, 1.165) is 6.42 Å². The van der Waals surface area contributed by atoms with Gasteiger partial charge >= 0.3 is 0 Å². The Bertz CT molecular complexity index is 573. The quantitative estimate of drug-likeness (QED) is 0.930. The molecule has 0 fully saturated rings. The molecular formula is C13H15BrFN3O. The molecule has 0 aliphatic rings. The molecule has 2 rings (SSSR count). The molecule has 4 nitrogen and oxygen atoms in total. The van der Waals surface area contributed by atoms with E-state index in [1.54, 1.807) is 6.07 Å². The van der Waals surface area contributed by atoms with Crippen molar-refractivity contribution >= 4 is 15.9 Å². The number of rotatable bonds is 4. The monoisotopic (exact) mass is 327 g/mol. The number of nitrogens with two attached hydrogens (primary N) is 1. The van der Waals surface area contributed by atoms with Crippen molar-refractivity contribution in [1.82, 2.24) is 10.1 Å². The van der Waals surface area contributed by atoms with Crippen LogP contribution in [0.5, 0.6) is 0 Å². The molecule has 0 aliphatic heterocycles. The Hall–Kier alpha value is -1.27. The minimum absolute atomic E-state index is 0.255. The first-order valence-electron chi connectivity index (χ1n) is 6.07. The fourth-order valence-electron chi connectivity index (χ4n) is 1.65. The lowest BCUT2D eigenvalue weighted by molar-refractivity contribution is 0.312. The second kappa shape index (κ2) is 5.79. The standard InChI is InChI=1S/C13H15BrFN3O/c1-3-7(2)11(16)13-17-12(18-19-13)9-5-4-8(15)6-10(9)14/h4-7,11H,3,16H2,1-2H3. The third kappa shape index (κ3) is 3.01. The van der Waals surface area contributed by atoms with Crippen LogP contribution in [0.1, 0.15) is 32.2 Å². The molecule has 1 heterocycles. The Morgan fingerprint density at radius 3 is 2.84 bits per heavy atom. The molecule has 0 saturated heterocycles. The smallest absolute Gasteiger partial charge is 0.244 e. The molecule has 1 aromatic heterocycles. The van der Waals surface area contributed by atoms with Gasteiger partial charge in [0.25, 0.3) is 0 Å². The molecule has 2 unspecified atom stereocenters. The van der Waals surface area contributed by atoms with Crippen molar-refractivity contribution in [3.05, 3.63) is 34.4 Å². The van der Waals surface area contributed by atoms with Crippen LogP contribution in [-0.2, 0) is 0 Å². The maximum Gasteiger partial charge on any atom is 0.244 e. The van der Waals surface area contributed by atoms with Crippen LogP contribution in [-0.4, -0.2) is 10.1 Å². The van der Waals surface area contributed by atoms with E-state index in [9.17, 15) is 4.39 Å². The van der Waals surface area contributed by atoms with Crippen LogP contribution >= 0.6 is 15.9 Å². The molecule has 6 heteroatoms. The Kier molecular flexibility index (Phi) is 4.31. The number of hydrogen-bond donors (Lipinski definition) is 1. The summed E-state index contributed by atoms with van der Waals surface area (Å²) in [6, 6.07) is 4.03. The Balaban J connectivity index is 2.30. The van der Waals surface area contributed by atoms with E-state index in [0.29, 0.717) is 21.8 Å². The lowest BCUT2D eigenvalue weighted by Crippen LogP contribution is -2.18. The van der Waals surface area contributed by atoms with Gasteiger partial charge in [-0.05, 0) is 40.0 Å². The Morgan fingerprint density at radius 1 is 1.47 bits per heavy atom. The first-order chi connectivity index (χ1) is 9.02. The van der Waals surface area contributed by atoms with Crippen LogP contribution in [0.2, 0.25) is 0 Å². The van der Waals surface area contributed by atoms with Gasteiger partial charge in [-0.25, -0.2) is 4.39 Å². The number of nitrogens with zero attached hydrogens (tertiary/aromatic N) is 2. The summed E-state index contributed by atoms with van der Waals surface area (Å²) in [7, 11) is 0. The minimum Gasteiger partial charge on any atom is -0.337 e. The molecule has 0 radical (unpaired) electrons. The van der Waals surface area contributed by atoms with Gasteiger partial charge in [0.2, 0.25) is 11.7 Å². The summed E-state index contributed by atoms with van der Waals surface area (Å²) in [5.41, 5.74) is 6.71. The van der Waals surface area contributed by atoms with Gasteiger partial charge in [0.15, 0.2) is 0 Å². The van der Waals surface area contributed by atoms with Crippen molar-refractivity contribution in [2.45, 2.75) is 26.3 Å². The largest absolute Gasteiger partial charge is 0.337 e. The van der Waals surface area contributed by atoms with Crippen molar-refractivity contribution in [3.63, 3.8) is 0 Å². The van der Waals surface area contributed by atoms with Gasteiger partial charge in [-0.1, -0.05) is 25.4 Å². The van der Waals surface area contributed by atoms with Crippen molar-refractivity contribution in [1.29, 1.82) is 0 Å². The first kappa shape index (κ1) is 14.1. The zero-order valence-corrected chi connectivity index (χ0v) is 12.3. The highest BCUT2D eigenvalue weighted by molar-refractivity contribution is 9.10. The molecule has 0 bridgehead atoms. The highest BCUT2D eigenvalue weighted by atomic mass is 79.9. The van der Waals surface area contributed by atoms with E-state index < -0.39 is 0 Å². The maximum absolute atomic E-state index is 13.0. The molecule has 0 amide bonds. The predicted octanol–water partition coefficient (Wildman–Crippen LogP) is 3.68. The minimum atomic E-state index is -0.323. The predicted molar refractivity (Wildman–Crippen MR) is 73.8 cm³/mol. The fraction of sp³-hybridized carbons (Fsp3) is 0.385. The normalized spacial score (nSPS) is 14.4. The van der Waals surface area contributed by atoms with E-state index in [1.807, 2.05) is 6.92 Å². The average molecular weight is 328 g/mol. The van der Waals surface area contributed by atoms with Crippen LogP contribution < -0.4 is 5.73 Å². The first-order valence-corrected chi connectivity index (χ1v) is 6.86. The van der Waals surface area contributed by atoms with Crippen molar-refractivity contribution in [3.8, 4) is 11.4 Å². The summed E-state index contributed by atoms with van der Waals surface area (Å²) in [5, 5.41) is 3.90. The van der Waals surface area contributed by atoms with Crippen molar-refractivity contribution in [2.24, 2.45) is 11.7 Å². The highest BCUT2D eigenvalue weighted by Gasteiger charge is 2.21. The van der Waals surface area contributed by atoms with Gasteiger partial charge in [-0.2, -0.15) is 4.98 Å². The molecule has 2 atom stereocenters. The van der Waals surface area contributed by atoms with E-state index in [-0.39, 0.29) is 17.8 Å². The molecule has 0 aliphatic carbocycles. The van der Waals surface area contributed by atoms with Crippen molar-refractivity contribution < 1.29 is 8.91 Å². The average Bonchev–Trinajstić information content (AvgIpc) is 2.86. The van der Waals surface area contributed by atoms with Gasteiger partial charge < -0.3 is 10.3 Å². The fourth-order valence-corrected chi connectivity index (χ4v) is 2.18. The molecule has 0 spiro atoms. The summed E-state index contributed by atoms with van der Waals surface area (Å²) in [6.45, 7) is 4.08. The van der Waals surface area contributed by atoms with Gasteiger partial charge in [-0.15, -0.1) is 0 Å². The van der Waals surface area contributed by atoms with Crippen molar-refractivity contribution in [2.75, 3.05) is 0 Å². The lowest BCUT2D eigenvalue weighted by Gasteiger charge is -2.12. The highest BCUT2D eigenvalue weighted by Crippen LogP contribution is 2.28. The second-order valence-corrected chi connectivity index (χ2v) is 5.35. The summed E-state index contributed by atoms with van der Waals surface area (Å²) in [6.07, 6.45) is 0.930. The zero-order chi connectivity index (χ0) is 14.0. The SMILES string of the molecule is CCC(C)C(N)c1nc(-c2ccc(F)cc2Br)no1. The number of aromatic nitrogens is 2. The molecule has 2 aromatic rings. The summed E-state index contributed by atoms with van der Waals surface area (Å²) >= 11 is 3.28. The lowest BCUT2D eigenvalue weighted by atomic mass is 10.0. The second-order valence-electron chi connectivity index (χ2n) is 4.49. The molecule has 102 valence electrons. The van der Waals surface area contributed by atoms with Gasteiger partial charge in [-0.3, -0.25) is 0 Å². The molecule has 2 N–H and O–H groups in total. The summed E-state index contributed by atoms with van der Waals surface area (Å²) in [4.78, 5) is 4.28. The van der Waals surface area contributed by atoms with E-state index in [2.05, 4.69) is 33.0 Å². The summed E-state index contributed by atoms with van der Waals surface area (Å²) < 4.78 is 18.8. The van der Waals surface area contributed by atoms with Crippen LogP contribution in [0, 0.1) is 11.7 Å². The molecule has 0 saturated carbocycles. The molecule has 1 aromatic carbocycles. The van der Waals surface area contributed by atoms with Crippen LogP contribution in [0.4, 0.5) is 4.39 Å². The maximum atomic E-state index is 13.0. The molecular weight excluding hydrogens is 313 g/mol. The van der Waals surface area contributed by atoms with E-state index >= 15 is 0 Å². The Labute approximate surface area is 119 Å². The zero-order valence-electron chi connectivity index (χ0n) is 10.7. The van der Waals surface area contributed by atoms with Gasteiger partial charge in [0.05, 0.1) is 6.04 Å². The van der Waals surface area contributed by atoms with Crippen LogP contribution in [0.15, 0.2) is 27.2 Å². The van der Waals surface area contributed by atoms with Gasteiger partial charge in [0.1, 0.15) is 5.82 Å². The summed E-state index contributed by atoms with van der Waals surface area (Å²) in [5.74, 6) is 0.738. The Morgan fingerprint density at radius 2 is 2.21 bits per heavy atom. The third-order valence-corrected chi connectivity index (χ3v) is 3.81.